The van der Waals surface area contributed by atoms with E-state index in [1.54, 1.807) is 26.8 Å². The summed E-state index contributed by atoms with van der Waals surface area (Å²) in [7, 11) is 1.24. The van der Waals surface area contributed by atoms with Crippen LogP contribution in [0.3, 0.4) is 0 Å². The summed E-state index contributed by atoms with van der Waals surface area (Å²) in [5.74, 6) is -1.09. The Bertz CT molecular complexity index is 470. The lowest BCUT2D eigenvalue weighted by Crippen LogP contribution is -2.45. The third-order valence-electron chi connectivity index (χ3n) is 3.43. The number of esters is 1. The van der Waals surface area contributed by atoms with E-state index in [9.17, 15) is 14.4 Å². The van der Waals surface area contributed by atoms with Crippen LogP contribution in [0.1, 0.15) is 40.0 Å². The number of hydrogen-bond acceptors (Lipinski definition) is 5. The first-order chi connectivity index (χ1) is 10.7. The van der Waals surface area contributed by atoms with Gasteiger partial charge in [0, 0.05) is 12.0 Å². The van der Waals surface area contributed by atoms with Gasteiger partial charge in [0.05, 0.1) is 7.11 Å². The molecule has 2 N–H and O–H groups in total. The number of nitrogens with one attached hydrogen (secondary N) is 2. The molecule has 1 heterocycles. The Morgan fingerprint density at radius 3 is 2.65 bits per heavy atom. The van der Waals surface area contributed by atoms with Gasteiger partial charge < -0.3 is 20.1 Å². The summed E-state index contributed by atoms with van der Waals surface area (Å²) in [5, 5.41) is 5.34. The van der Waals surface area contributed by atoms with Crippen molar-refractivity contribution in [2.75, 3.05) is 7.11 Å². The van der Waals surface area contributed by atoms with Crippen molar-refractivity contribution in [1.82, 2.24) is 10.6 Å². The van der Waals surface area contributed by atoms with Gasteiger partial charge in [-0.2, -0.15) is 0 Å². The molecule has 130 valence electrons. The number of methoxy groups -OCH3 is 1. The van der Waals surface area contributed by atoms with Gasteiger partial charge in [-0.05, 0) is 40.0 Å². The van der Waals surface area contributed by atoms with Gasteiger partial charge in [0.2, 0.25) is 5.91 Å². The molecule has 0 aliphatic carbocycles. The summed E-state index contributed by atoms with van der Waals surface area (Å²) in [6.45, 7) is 8.83. The van der Waals surface area contributed by atoms with Crippen LogP contribution in [0.4, 0.5) is 4.79 Å². The normalized spacial score (nSPS) is 22.0. The number of alkyl carbamates (subject to hydrolysis) is 1. The SMILES string of the molecule is C=CC[C@@H]1C[C@@H](C[C@H](NC(=O)OC(C)(C)C)C(=O)OC)C(=O)N1. The smallest absolute Gasteiger partial charge is 0.408 e. The maximum atomic E-state index is 12.0. The van der Waals surface area contributed by atoms with E-state index in [-0.39, 0.29) is 24.3 Å². The molecule has 0 aromatic carbocycles. The van der Waals surface area contributed by atoms with Gasteiger partial charge in [0.25, 0.3) is 0 Å². The minimum absolute atomic E-state index is 0.0184. The topological polar surface area (TPSA) is 93.7 Å². The zero-order chi connectivity index (χ0) is 17.6. The number of hydrogen-bond donors (Lipinski definition) is 2. The molecule has 2 amide bonds. The molecule has 1 fully saturated rings. The Morgan fingerprint density at radius 1 is 1.48 bits per heavy atom. The third kappa shape index (κ3) is 6.30. The van der Waals surface area contributed by atoms with Crippen LogP contribution in [0.25, 0.3) is 0 Å². The molecule has 7 nitrogen and oxygen atoms in total. The van der Waals surface area contributed by atoms with Crippen LogP contribution < -0.4 is 10.6 Å². The largest absolute Gasteiger partial charge is 0.467 e. The number of carbonyl (C=O) groups is 3. The van der Waals surface area contributed by atoms with E-state index in [0.717, 1.165) is 0 Å². The molecule has 1 saturated heterocycles. The molecule has 23 heavy (non-hydrogen) atoms. The van der Waals surface area contributed by atoms with Gasteiger partial charge in [-0.1, -0.05) is 6.08 Å². The Kier molecular flexibility index (Phi) is 6.60. The monoisotopic (exact) mass is 326 g/mol. The zero-order valence-electron chi connectivity index (χ0n) is 14.2. The first-order valence-corrected chi connectivity index (χ1v) is 7.65. The summed E-state index contributed by atoms with van der Waals surface area (Å²) in [4.78, 5) is 35.7. The van der Waals surface area contributed by atoms with Crippen molar-refractivity contribution >= 4 is 18.0 Å². The molecule has 0 bridgehead atoms. The summed E-state index contributed by atoms with van der Waals surface area (Å²) >= 11 is 0. The Labute approximate surface area is 136 Å². The molecular formula is C16H26N2O5. The maximum absolute atomic E-state index is 12.0. The Balaban J connectivity index is 2.68. The molecule has 0 spiro atoms. The predicted octanol–water partition coefficient (Wildman–Crippen LogP) is 1.52. The highest BCUT2D eigenvalue weighted by Crippen LogP contribution is 2.23. The lowest BCUT2D eigenvalue weighted by molar-refractivity contribution is -0.143. The summed E-state index contributed by atoms with van der Waals surface area (Å²) in [6.07, 6.45) is 2.46. The lowest BCUT2D eigenvalue weighted by Gasteiger charge is -2.23. The molecule has 7 heteroatoms. The van der Waals surface area contributed by atoms with E-state index in [0.29, 0.717) is 12.8 Å². The molecule has 0 aromatic heterocycles. The highest BCUT2D eigenvalue weighted by Gasteiger charge is 2.36. The van der Waals surface area contributed by atoms with Crippen LogP contribution in [0.2, 0.25) is 0 Å². The highest BCUT2D eigenvalue weighted by molar-refractivity contribution is 5.85. The van der Waals surface area contributed by atoms with Crippen molar-refractivity contribution in [3.8, 4) is 0 Å². The molecule has 0 saturated carbocycles. The average molecular weight is 326 g/mol. The van der Waals surface area contributed by atoms with Crippen LogP contribution in [0.15, 0.2) is 12.7 Å². The van der Waals surface area contributed by atoms with Crippen molar-refractivity contribution in [3.05, 3.63) is 12.7 Å². The summed E-state index contributed by atoms with van der Waals surface area (Å²) in [5.41, 5.74) is -0.676. The molecule has 0 unspecified atom stereocenters. The van der Waals surface area contributed by atoms with Crippen LogP contribution >= 0.6 is 0 Å². The predicted molar refractivity (Wildman–Crippen MR) is 84.6 cm³/mol. The molecule has 1 rings (SSSR count). The first kappa shape index (κ1) is 19.0. The van der Waals surface area contributed by atoms with Gasteiger partial charge in [-0.3, -0.25) is 4.79 Å². The zero-order valence-corrected chi connectivity index (χ0v) is 14.2. The molecule has 1 aliphatic heterocycles. The molecule has 0 aromatic rings. The second-order valence-electron chi connectivity index (χ2n) is 6.62. The van der Waals surface area contributed by atoms with E-state index < -0.39 is 23.7 Å². The second kappa shape index (κ2) is 7.99. The van der Waals surface area contributed by atoms with Crippen molar-refractivity contribution < 1.29 is 23.9 Å². The van der Waals surface area contributed by atoms with Crippen molar-refractivity contribution in [3.63, 3.8) is 0 Å². The van der Waals surface area contributed by atoms with Crippen LogP contribution in [0.5, 0.6) is 0 Å². The van der Waals surface area contributed by atoms with E-state index in [2.05, 4.69) is 17.2 Å². The fourth-order valence-corrected chi connectivity index (χ4v) is 2.48. The highest BCUT2D eigenvalue weighted by atomic mass is 16.6. The Hall–Kier alpha value is -2.05. The quantitative estimate of drug-likeness (QED) is 0.570. The second-order valence-corrected chi connectivity index (χ2v) is 6.62. The maximum Gasteiger partial charge on any atom is 0.408 e. The number of rotatable bonds is 6. The average Bonchev–Trinajstić information content (AvgIpc) is 2.75. The van der Waals surface area contributed by atoms with Crippen molar-refractivity contribution in [2.45, 2.75) is 57.7 Å². The van der Waals surface area contributed by atoms with Crippen LogP contribution in [0, 0.1) is 5.92 Å². The van der Waals surface area contributed by atoms with Gasteiger partial charge in [0.15, 0.2) is 0 Å². The number of ether oxygens (including phenoxy) is 2. The first-order valence-electron chi connectivity index (χ1n) is 7.65. The van der Waals surface area contributed by atoms with Gasteiger partial charge in [-0.25, -0.2) is 9.59 Å². The van der Waals surface area contributed by atoms with Crippen molar-refractivity contribution in [1.29, 1.82) is 0 Å². The lowest BCUT2D eigenvalue weighted by atomic mass is 9.95. The third-order valence-corrected chi connectivity index (χ3v) is 3.43. The summed E-state index contributed by atoms with van der Waals surface area (Å²) < 4.78 is 9.85. The van der Waals surface area contributed by atoms with Crippen LogP contribution in [-0.2, 0) is 19.1 Å². The molecule has 3 atom stereocenters. The van der Waals surface area contributed by atoms with E-state index >= 15 is 0 Å². The molecule has 1 aliphatic rings. The minimum atomic E-state index is -0.923. The van der Waals surface area contributed by atoms with Crippen molar-refractivity contribution in [2.24, 2.45) is 5.92 Å². The van der Waals surface area contributed by atoms with E-state index in [1.807, 2.05) is 0 Å². The number of carbonyl (C=O) groups excluding carboxylic acids is 3. The van der Waals surface area contributed by atoms with Gasteiger partial charge in [-0.15, -0.1) is 6.58 Å². The summed E-state index contributed by atoms with van der Waals surface area (Å²) in [6, 6.07) is -0.905. The molecule has 0 radical (unpaired) electrons. The number of amides is 2. The Morgan fingerprint density at radius 2 is 2.13 bits per heavy atom. The standard InChI is InChI=1S/C16H26N2O5/c1-6-7-11-8-10(13(19)17-11)9-12(14(20)22-5)18-15(21)23-16(2,3)4/h6,10-12H,1,7-9H2,2-5H3,(H,17,19)(H,18,21)/t10-,11+,12-/m0/s1. The fourth-order valence-electron chi connectivity index (χ4n) is 2.48. The molecular weight excluding hydrogens is 300 g/mol. The minimum Gasteiger partial charge on any atom is -0.467 e. The van der Waals surface area contributed by atoms with E-state index in [1.165, 1.54) is 7.11 Å². The van der Waals surface area contributed by atoms with Crippen LogP contribution in [-0.4, -0.2) is 42.8 Å². The van der Waals surface area contributed by atoms with Gasteiger partial charge in [0.1, 0.15) is 11.6 Å². The fraction of sp³-hybridized carbons (Fsp3) is 0.688. The van der Waals surface area contributed by atoms with Gasteiger partial charge >= 0.3 is 12.1 Å². The van der Waals surface area contributed by atoms with E-state index in [4.69, 9.17) is 9.47 Å².